The molecule has 4 heteroatoms. The van der Waals surface area contributed by atoms with Gasteiger partial charge in [-0.3, -0.25) is 9.00 Å². The summed E-state index contributed by atoms with van der Waals surface area (Å²) in [6.45, 7) is 4.77. The van der Waals surface area contributed by atoms with Gasteiger partial charge in [-0.1, -0.05) is 42.0 Å². The second kappa shape index (κ2) is 7.31. The molecular weight excluding hydrogens is 318 g/mol. The summed E-state index contributed by atoms with van der Waals surface area (Å²) >= 11 is 0. The Bertz CT molecular complexity index is 785. The van der Waals surface area contributed by atoms with Gasteiger partial charge in [0.1, 0.15) is 5.75 Å². The number of hydrogen-bond donors (Lipinski definition) is 0. The average Bonchev–Trinajstić information content (AvgIpc) is 2.57. The van der Waals surface area contributed by atoms with Crippen LogP contribution in [0.2, 0.25) is 0 Å². The molecule has 0 bridgehead atoms. The van der Waals surface area contributed by atoms with Crippen LogP contribution in [0.25, 0.3) is 0 Å². The lowest BCUT2D eigenvalue weighted by Gasteiger charge is -2.29. The molecule has 3 rings (SSSR count). The van der Waals surface area contributed by atoms with Crippen LogP contribution < -0.4 is 4.90 Å². The largest absolute Gasteiger partial charge is 0.311 e. The molecule has 1 aliphatic heterocycles. The lowest BCUT2D eigenvalue weighted by molar-refractivity contribution is -0.116. The maximum atomic E-state index is 12.6. The van der Waals surface area contributed by atoms with E-state index >= 15 is 0 Å². The second-order valence-corrected chi connectivity index (χ2v) is 7.89. The minimum Gasteiger partial charge on any atom is -0.311 e. The van der Waals surface area contributed by atoms with Crippen molar-refractivity contribution in [1.29, 1.82) is 0 Å². The normalized spacial score (nSPS) is 15.0. The quantitative estimate of drug-likeness (QED) is 0.853. The summed E-state index contributed by atoms with van der Waals surface area (Å²) in [6, 6.07) is 14.2. The Kier molecular flexibility index (Phi) is 5.14. The first-order chi connectivity index (χ1) is 11.5. The van der Waals surface area contributed by atoms with Crippen LogP contribution in [-0.2, 0) is 27.8 Å². The van der Waals surface area contributed by atoms with Gasteiger partial charge in [0, 0.05) is 28.8 Å². The summed E-state index contributed by atoms with van der Waals surface area (Å²) in [4.78, 5) is 14.5. The summed E-state index contributed by atoms with van der Waals surface area (Å²) in [6.07, 6.45) is 1.97. The number of carbonyl (C=O) groups is 1. The molecular formula is C20H23NO2S. The monoisotopic (exact) mass is 341 g/mol. The fraction of sp³-hybridized carbons (Fsp3) is 0.350. The van der Waals surface area contributed by atoms with Crippen molar-refractivity contribution in [2.45, 2.75) is 32.4 Å². The van der Waals surface area contributed by atoms with E-state index in [9.17, 15) is 9.00 Å². The summed E-state index contributed by atoms with van der Waals surface area (Å²) in [7, 11) is -1.19. The molecule has 1 atom stereocenters. The number of hydrogen-bond acceptors (Lipinski definition) is 2. The summed E-state index contributed by atoms with van der Waals surface area (Å²) < 4.78 is 12.5. The zero-order chi connectivity index (χ0) is 17.1. The lowest BCUT2D eigenvalue weighted by Crippen LogP contribution is -2.38. The van der Waals surface area contributed by atoms with Crippen molar-refractivity contribution in [1.82, 2.24) is 0 Å². The number of fused-ring (bicyclic) bond motifs is 1. The standard InChI is InChI=1S/C20H23NO2S/c1-15-9-10-16(2)18(12-15)13-24(23)14-20(22)21-11-5-7-17-6-3-4-8-19(17)21/h3-4,6,8-10,12H,5,7,11,13-14H2,1-2H3. The molecule has 0 radical (unpaired) electrons. The van der Waals surface area contributed by atoms with Crippen LogP contribution in [0.5, 0.6) is 0 Å². The summed E-state index contributed by atoms with van der Waals surface area (Å²) in [5, 5.41) is 0. The first-order valence-corrected chi connectivity index (χ1v) is 9.83. The highest BCUT2D eigenvalue weighted by molar-refractivity contribution is 7.85. The van der Waals surface area contributed by atoms with Crippen molar-refractivity contribution in [3.63, 3.8) is 0 Å². The molecule has 3 nitrogen and oxygen atoms in total. The van der Waals surface area contributed by atoms with Gasteiger partial charge in [0.05, 0.1) is 0 Å². The number of aryl methyl sites for hydroxylation is 3. The van der Waals surface area contributed by atoms with Crippen LogP contribution in [-0.4, -0.2) is 22.4 Å². The van der Waals surface area contributed by atoms with E-state index in [1.54, 1.807) is 4.90 Å². The number of amides is 1. The Hall–Kier alpha value is -1.94. The molecule has 126 valence electrons. The van der Waals surface area contributed by atoms with Crippen molar-refractivity contribution in [2.24, 2.45) is 0 Å². The van der Waals surface area contributed by atoms with Crippen LogP contribution in [0.15, 0.2) is 42.5 Å². The molecule has 0 aromatic heterocycles. The second-order valence-electron chi connectivity index (χ2n) is 6.44. The van der Waals surface area contributed by atoms with Crippen LogP contribution in [0.1, 0.15) is 28.7 Å². The average molecular weight is 341 g/mol. The van der Waals surface area contributed by atoms with E-state index in [0.717, 1.165) is 41.8 Å². The predicted molar refractivity (Wildman–Crippen MR) is 99.7 cm³/mol. The summed E-state index contributed by atoms with van der Waals surface area (Å²) in [5.41, 5.74) is 5.55. The number of benzene rings is 2. The van der Waals surface area contributed by atoms with E-state index in [4.69, 9.17) is 0 Å². The van der Waals surface area contributed by atoms with Gasteiger partial charge in [0.15, 0.2) is 0 Å². The SMILES string of the molecule is Cc1ccc(C)c(CS(=O)CC(=O)N2CCCc3ccccc32)c1. The number of nitrogens with zero attached hydrogens (tertiary/aromatic N) is 1. The molecule has 1 heterocycles. The molecule has 0 saturated carbocycles. The maximum absolute atomic E-state index is 12.6. The van der Waals surface area contributed by atoms with Gasteiger partial charge in [-0.05, 0) is 49.4 Å². The molecule has 1 amide bonds. The van der Waals surface area contributed by atoms with Gasteiger partial charge in [0.25, 0.3) is 0 Å². The molecule has 0 spiro atoms. The highest BCUT2D eigenvalue weighted by Gasteiger charge is 2.23. The molecule has 1 aliphatic rings. The first-order valence-electron chi connectivity index (χ1n) is 8.34. The fourth-order valence-electron chi connectivity index (χ4n) is 3.19. The van der Waals surface area contributed by atoms with E-state index < -0.39 is 10.8 Å². The first kappa shape index (κ1) is 16.9. The Morgan fingerprint density at radius 1 is 1.17 bits per heavy atom. The number of carbonyl (C=O) groups excluding carboxylic acids is 1. The van der Waals surface area contributed by atoms with Crippen LogP contribution in [0, 0.1) is 13.8 Å². The topological polar surface area (TPSA) is 37.4 Å². The number of para-hydroxylation sites is 1. The van der Waals surface area contributed by atoms with Gasteiger partial charge < -0.3 is 4.90 Å². The molecule has 2 aromatic rings. The van der Waals surface area contributed by atoms with E-state index in [1.807, 2.05) is 38.1 Å². The third kappa shape index (κ3) is 3.75. The van der Waals surface area contributed by atoms with Crippen molar-refractivity contribution in [3.8, 4) is 0 Å². The van der Waals surface area contributed by atoms with E-state index in [0.29, 0.717) is 5.75 Å². The molecule has 0 fully saturated rings. The molecule has 0 aliphatic carbocycles. The Morgan fingerprint density at radius 2 is 1.96 bits per heavy atom. The van der Waals surface area contributed by atoms with E-state index in [1.165, 1.54) is 5.56 Å². The lowest BCUT2D eigenvalue weighted by atomic mass is 10.0. The molecule has 2 aromatic carbocycles. The van der Waals surface area contributed by atoms with Gasteiger partial charge in [-0.15, -0.1) is 0 Å². The zero-order valence-corrected chi connectivity index (χ0v) is 15.1. The van der Waals surface area contributed by atoms with Crippen LogP contribution in [0.4, 0.5) is 5.69 Å². The van der Waals surface area contributed by atoms with Gasteiger partial charge >= 0.3 is 0 Å². The fourth-order valence-corrected chi connectivity index (χ4v) is 4.38. The third-order valence-corrected chi connectivity index (χ3v) is 5.72. The third-order valence-electron chi connectivity index (χ3n) is 4.52. The predicted octanol–water partition coefficient (Wildman–Crippen LogP) is 3.53. The van der Waals surface area contributed by atoms with E-state index in [-0.39, 0.29) is 11.7 Å². The molecule has 1 unspecified atom stereocenters. The van der Waals surface area contributed by atoms with Gasteiger partial charge in [0.2, 0.25) is 5.91 Å². The van der Waals surface area contributed by atoms with Gasteiger partial charge in [-0.2, -0.15) is 0 Å². The molecule has 0 N–H and O–H groups in total. The highest BCUT2D eigenvalue weighted by atomic mass is 32.2. The Balaban J connectivity index is 1.69. The van der Waals surface area contributed by atoms with Gasteiger partial charge in [-0.25, -0.2) is 0 Å². The Labute approximate surface area is 146 Å². The highest BCUT2D eigenvalue weighted by Crippen LogP contribution is 2.27. The number of rotatable bonds is 4. The van der Waals surface area contributed by atoms with Crippen molar-refractivity contribution >= 4 is 22.4 Å². The maximum Gasteiger partial charge on any atom is 0.239 e. The molecule has 0 saturated heterocycles. The van der Waals surface area contributed by atoms with Crippen molar-refractivity contribution in [2.75, 3.05) is 17.2 Å². The zero-order valence-electron chi connectivity index (χ0n) is 14.2. The summed E-state index contributed by atoms with van der Waals surface area (Å²) in [5.74, 6) is 0.488. The van der Waals surface area contributed by atoms with E-state index in [2.05, 4.69) is 18.2 Å². The smallest absolute Gasteiger partial charge is 0.239 e. The minimum atomic E-state index is -1.19. The Morgan fingerprint density at radius 3 is 2.79 bits per heavy atom. The number of anilines is 1. The van der Waals surface area contributed by atoms with Crippen molar-refractivity contribution in [3.05, 3.63) is 64.7 Å². The van der Waals surface area contributed by atoms with Crippen molar-refractivity contribution < 1.29 is 9.00 Å². The van der Waals surface area contributed by atoms with Crippen LogP contribution >= 0.6 is 0 Å². The molecule has 24 heavy (non-hydrogen) atoms. The van der Waals surface area contributed by atoms with Crippen LogP contribution in [0.3, 0.4) is 0 Å². The minimum absolute atomic E-state index is 0.0363.